The fourth-order valence-electron chi connectivity index (χ4n) is 2.64. The molecule has 1 N–H and O–H groups in total. The van der Waals surface area contributed by atoms with Gasteiger partial charge in [-0.05, 0) is 32.4 Å². The average molecular weight is 394 g/mol. The highest BCUT2D eigenvalue weighted by atomic mass is 19.4. The van der Waals surface area contributed by atoms with Gasteiger partial charge in [0.25, 0.3) is 0 Å². The van der Waals surface area contributed by atoms with E-state index in [2.05, 4.69) is 4.98 Å². The third-order valence-electron chi connectivity index (χ3n) is 4.34. The maximum atomic E-state index is 13.5. The molecule has 0 atom stereocenters. The van der Waals surface area contributed by atoms with Crippen LogP contribution in [-0.2, 0) is 18.1 Å². The zero-order chi connectivity index (χ0) is 20.8. The topological polar surface area (TPSA) is 55.1 Å². The standard InChI is InChI=1S/C17H16F6N2O2/c1-9-12(13(26)27)24-14(15(2,3)17(21,22)23)25(9)8-10-6-4-5-7-11(10)16(18,19)20/h4-7H,8H2,1-3H3,(H,26,27). The van der Waals surface area contributed by atoms with E-state index in [4.69, 9.17) is 0 Å². The van der Waals surface area contributed by atoms with Crippen molar-refractivity contribution in [2.75, 3.05) is 0 Å². The third kappa shape index (κ3) is 3.79. The molecule has 0 saturated carbocycles. The molecule has 4 nitrogen and oxygen atoms in total. The minimum Gasteiger partial charge on any atom is -0.476 e. The summed E-state index contributed by atoms with van der Waals surface area (Å²) in [5.74, 6) is -2.23. The van der Waals surface area contributed by atoms with E-state index < -0.39 is 47.4 Å². The molecule has 1 aromatic carbocycles. The van der Waals surface area contributed by atoms with Crippen molar-refractivity contribution in [3.05, 3.63) is 52.6 Å². The number of nitrogens with zero attached hydrogens (tertiary/aromatic N) is 2. The van der Waals surface area contributed by atoms with Gasteiger partial charge in [0.15, 0.2) is 5.69 Å². The van der Waals surface area contributed by atoms with Crippen molar-refractivity contribution in [3.63, 3.8) is 0 Å². The van der Waals surface area contributed by atoms with E-state index in [-0.39, 0.29) is 11.3 Å². The van der Waals surface area contributed by atoms with Gasteiger partial charge >= 0.3 is 18.3 Å². The predicted octanol–water partition coefficient (Wildman–Crippen LogP) is 4.80. The minimum atomic E-state index is -4.79. The quantitative estimate of drug-likeness (QED) is 0.759. The molecule has 27 heavy (non-hydrogen) atoms. The molecule has 0 spiro atoms. The second kappa shape index (κ2) is 6.58. The van der Waals surface area contributed by atoms with E-state index in [0.717, 1.165) is 36.6 Å². The maximum Gasteiger partial charge on any atom is 0.416 e. The van der Waals surface area contributed by atoms with Crippen LogP contribution >= 0.6 is 0 Å². The number of halogens is 6. The number of aromatic nitrogens is 2. The predicted molar refractivity (Wildman–Crippen MR) is 83.6 cm³/mol. The summed E-state index contributed by atoms with van der Waals surface area (Å²) in [6.45, 7) is 2.21. The number of rotatable bonds is 4. The Hall–Kier alpha value is -2.52. The number of carboxylic acid groups (broad SMARTS) is 1. The van der Waals surface area contributed by atoms with Gasteiger partial charge in [-0.2, -0.15) is 26.3 Å². The van der Waals surface area contributed by atoms with Crippen molar-refractivity contribution < 1.29 is 36.2 Å². The molecule has 2 rings (SSSR count). The molecule has 1 aromatic heterocycles. The van der Waals surface area contributed by atoms with Crippen LogP contribution < -0.4 is 0 Å². The first kappa shape index (κ1) is 20.8. The highest BCUT2D eigenvalue weighted by Crippen LogP contribution is 2.41. The number of carbonyl (C=O) groups is 1. The molecule has 0 fully saturated rings. The van der Waals surface area contributed by atoms with Gasteiger partial charge in [-0.25, -0.2) is 9.78 Å². The van der Waals surface area contributed by atoms with E-state index in [1.54, 1.807) is 0 Å². The molecule has 0 amide bonds. The average Bonchev–Trinajstić information content (AvgIpc) is 2.83. The first-order chi connectivity index (χ1) is 12.2. The van der Waals surface area contributed by atoms with Crippen LogP contribution in [0.25, 0.3) is 0 Å². The van der Waals surface area contributed by atoms with Gasteiger partial charge in [-0.1, -0.05) is 18.2 Å². The van der Waals surface area contributed by atoms with Gasteiger partial charge in [0.05, 0.1) is 5.56 Å². The Morgan fingerprint density at radius 3 is 2.15 bits per heavy atom. The van der Waals surface area contributed by atoms with Gasteiger partial charge < -0.3 is 9.67 Å². The summed E-state index contributed by atoms with van der Waals surface area (Å²) in [6.07, 6.45) is -9.50. The number of alkyl halides is 6. The van der Waals surface area contributed by atoms with Crippen molar-refractivity contribution in [3.8, 4) is 0 Å². The number of carboxylic acids is 1. The number of aromatic carboxylic acids is 1. The lowest BCUT2D eigenvalue weighted by Gasteiger charge is -2.28. The van der Waals surface area contributed by atoms with Gasteiger partial charge in [-0.3, -0.25) is 0 Å². The highest BCUT2D eigenvalue weighted by Gasteiger charge is 2.52. The van der Waals surface area contributed by atoms with E-state index in [0.29, 0.717) is 0 Å². The van der Waals surface area contributed by atoms with Gasteiger partial charge in [0.2, 0.25) is 0 Å². The van der Waals surface area contributed by atoms with Crippen LogP contribution in [0.1, 0.15) is 47.0 Å². The Kier molecular flexibility index (Phi) is 5.06. The second-order valence-corrected chi connectivity index (χ2v) is 6.54. The second-order valence-electron chi connectivity index (χ2n) is 6.54. The highest BCUT2D eigenvalue weighted by molar-refractivity contribution is 5.86. The first-order valence-corrected chi connectivity index (χ1v) is 7.70. The number of benzene rings is 1. The molecule has 0 aliphatic carbocycles. The molecule has 0 bridgehead atoms. The Morgan fingerprint density at radius 2 is 1.67 bits per heavy atom. The van der Waals surface area contributed by atoms with E-state index in [1.165, 1.54) is 13.0 Å². The van der Waals surface area contributed by atoms with Gasteiger partial charge in [0, 0.05) is 12.2 Å². The Labute approximate surface area is 150 Å². The normalized spacial score (nSPS) is 13.1. The number of hydrogen-bond donors (Lipinski definition) is 1. The van der Waals surface area contributed by atoms with Crippen LogP contribution in [0.5, 0.6) is 0 Å². The molecule has 0 saturated heterocycles. The van der Waals surface area contributed by atoms with Gasteiger partial charge in [-0.15, -0.1) is 0 Å². The lowest BCUT2D eigenvalue weighted by atomic mass is 9.91. The summed E-state index contributed by atoms with van der Waals surface area (Å²) in [5.41, 5.74) is -4.66. The van der Waals surface area contributed by atoms with Crippen molar-refractivity contribution in [2.45, 2.75) is 45.1 Å². The molecule has 0 radical (unpaired) electrons. The summed E-state index contributed by atoms with van der Waals surface area (Å²) in [7, 11) is 0. The molecule has 10 heteroatoms. The first-order valence-electron chi connectivity index (χ1n) is 7.70. The zero-order valence-electron chi connectivity index (χ0n) is 14.5. The lowest BCUT2D eigenvalue weighted by molar-refractivity contribution is -0.183. The van der Waals surface area contributed by atoms with E-state index in [9.17, 15) is 36.2 Å². The number of imidazole rings is 1. The van der Waals surface area contributed by atoms with E-state index >= 15 is 0 Å². The summed E-state index contributed by atoms with van der Waals surface area (Å²) >= 11 is 0. The van der Waals surface area contributed by atoms with Crippen LogP contribution in [-0.4, -0.2) is 26.8 Å². The Morgan fingerprint density at radius 1 is 1.11 bits per heavy atom. The van der Waals surface area contributed by atoms with Crippen molar-refractivity contribution in [2.24, 2.45) is 0 Å². The summed E-state index contributed by atoms with van der Waals surface area (Å²) in [4.78, 5) is 14.9. The zero-order valence-corrected chi connectivity index (χ0v) is 14.5. The van der Waals surface area contributed by atoms with Crippen LogP contribution in [0.4, 0.5) is 26.3 Å². The van der Waals surface area contributed by atoms with Gasteiger partial charge in [0.1, 0.15) is 11.2 Å². The number of hydrogen-bond acceptors (Lipinski definition) is 2. The SMILES string of the molecule is Cc1c(C(=O)O)nc(C(C)(C)C(F)(F)F)n1Cc1ccccc1C(F)(F)F. The molecular weight excluding hydrogens is 378 g/mol. The fourth-order valence-corrected chi connectivity index (χ4v) is 2.64. The molecule has 0 aliphatic rings. The largest absolute Gasteiger partial charge is 0.476 e. The van der Waals surface area contributed by atoms with Crippen LogP contribution in [0.3, 0.4) is 0 Å². The molecule has 0 unspecified atom stereocenters. The molecule has 0 aliphatic heterocycles. The van der Waals surface area contributed by atoms with Crippen molar-refractivity contribution in [1.82, 2.24) is 9.55 Å². The monoisotopic (exact) mass is 394 g/mol. The van der Waals surface area contributed by atoms with Crippen molar-refractivity contribution in [1.29, 1.82) is 0 Å². The van der Waals surface area contributed by atoms with Crippen LogP contribution in [0, 0.1) is 6.92 Å². The maximum absolute atomic E-state index is 13.5. The third-order valence-corrected chi connectivity index (χ3v) is 4.34. The minimum absolute atomic E-state index is 0.160. The molecular formula is C17H16F6N2O2. The fraction of sp³-hybridized carbons (Fsp3) is 0.412. The lowest BCUT2D eigenvalue weighted by Crippen LogP contribution is -2.39. The summed E-state index contributed by atoms with van der Waals surface area (Å²) < 4.78 is 80.9. The molecule has 2 aromatic rings. The van der Waals surface area contributed by atoms with Crippen molar-refractivity contribution >= 4 is 5.97 Å². The Balaban J connectivity index is 2.70. The van der Waals surface area contributed by atoms with Crippen LogP contribution in [0.2, 0.25) is 0 Å². The molecule has 148 valence electrons. The van der Waals surface area contributed by atoms with E-state index in [1.807, 2.05) is 0 Å². The summed E-state index contributed by atoms with van der Waals surface area (Å²) in [6, 6.07) is 4.43. The Bertz CT molecular complexity index is 865. The smallest absolute Gasteiger partial charge is 0.416 e. The summed E-state index contributed by atoms with van der Waals surface area (Å²) in [5, 5.41) is 9.18. The van der Waals surface area contributed by atoms with Crippen LogP contribution in [0.15, 0.2) is 24.3 Å². The molecule has 1 heterocycles.